The molecule has 0 radical (unpaired) electrons. The Hall–Kier alpha value is -2.73. The fraction of sp³-hybridized carbons (Fsp3) is 0.130. The highest BCUT2D eigenvalue weighted by atomic mass is 35.5. The van der Waals surface area contributed by atoms with E-state index in [1.807, 2.05) is 31.2 Å². The molecule has 3 rings (SSSR count). The molecule has 0 saturated heterocycles. The largest absolute Gasteiger partial charge is 0.484 e. The number of hydrogen-bond donors (Lipinski definition) is 2. The van der Waals surface area contributed by atoms with Gasteiger partial charge in [0.05, 0.1) is 15.7 Å². The Morgan fingerprint density at radius 1 is 0.903 bits per heavy atom. The normalized spacial score (nSPS) is 10.5. The molecule has 0 aliphatic heterocycles. The van der Waals surface area contributed by atoms with Gasteiger partial charge in [-0.15, -0.1) is 0 Å². The predicted molar refractivity (Wildman–Crippen MR) is 126 cm³/mol. The summed E-state index contributed by atoms with van der Waals surface area (Å²) in [5, 5.41) is 6.35. The van der Waals surface area contributed by atoms with E-state index in [9.17, 15) is 9.59 Å². The van der Waals surface area contributed by atoms with Crippen LogP contribution >= 0.6 is 34.8 Å². The molecule has 3 aromatic rings. The first-order valence-electron chi connectivity index (χ1n) is 9.44. The zero-order chi connectivity index (χ0) is 22.4. The van der Waals surface area contributed by atoms with Crippen molar-refractivity contribution in [3.8, 4) is 5.75 Å². The molecular weight excluding hydrogens is 459 g/mol. The zero-order valence-corrected chi connectivity index (χ0v) is 18.8. The van der Waals surface area contributed by atoms with Gasteiger partial charge in [-0.3, -0.25) is 9.59 Å². The number of benzene rings is 3. The zero-order valence-electron chi connectivity index (χ0n) is 16.5. The molecule has 0 fully saturated rings. The van der Waals surface area contributed by atoms with E-state index in [0.717, 1.165) is 17.7 Å². The van der Waals surface area contributed by atoms with Crippen molar-refractivity contribution in [2.24, 2.45) is 0 Å². The molecule has 0 aliphatic carbocycles. The molecule has 2 N–H and O–H groups in total. The fourth-order valence-electron chi connectivity index (χ4n) is 2.84. The molecule has 160 valence electrons. The molecule has 8 heteroatoms. The van der Waals surface area contributed by atoms with E-state index in [4.69, 9.17) is 39.5 Å². The molecule has 3 aromatic carbocycles. The molecule has 0 saturated carbocycles. The summed E-state index contributed by atoms with van der Waals surface area (Å²) in [5.74, 6) is -0.209. The van der Waals surface area contributed by atoms with Crippen molar-refractivity contribution < 1.29 is 14.3 Å². The Morgan fingerprint density at radius 2 is 1.55 bits per heavy atom. The van der Waals surface area contributed by atoms with Gasteiger partial charge in [0.25, 0.3) is 11.8 Å². The third-order valence-electron chi connectivity index (χ3n) is 4.40. The lowest BCUT2D eigenvalue weighted by molar-refractivity contribution is -0.118. The van der Waals surface area contributed by atoms with Crippen LogP contribution in [0.15, 0.2) is 60.7 Å². The smallest absolute Gasteiger partial charge is 0.262 e. The summed E-state index contributed by atoms with van der Waals surface area (Å²) < 4.78 is 5.52. The Bertz CT molecular complexity index is 1080. The number of halogens is 3. The molecule has 0 heterocycles. The molecule has 0 spiro atoms. The first-order chi connectivity index (χ1) is 14.9. The minimum absolute atomic E-state index is 0.153. The molecule has 31 heavy (non-hydrogen) atoms. The molecular formula is C23H19Cl3N2O3. The summed E-state index contributed by atoms with van der Waals surface area (Å²) in [6.07, 6.45) is 0.813. The van der Waals surface area contributed by atoms with E-state index < -0.39 is 5.91 Å². The van der Waals surface area contributed by atoms with Crippen LogP contribution < -0.4 is 15.4 Å². The first kappa shape index (κ1) is 22.9. The van der Waals surface area contributed by atoms with Crippen molar-refractivity contribution in [2.75, 3.05) is 17.2 Å². The van der Waals surface area contributed by atoms with Crippen LogP contribution in [0.5, 0.6) is 5.75 Å². The van der Waals surface area contributed by atoms with Gasteiger partial charge < -0.3 is 15.4 Å². The number of para-hydroxylation sites is 1. The second-order valence-corrected chi connectivity index (χ2v) is 7.82. The van der Waals surface area contributed by atoms with Crippen molar-refractivity contribution >= 4 is 58.0 Å². The molecule has 0 atom stereocenters. The molecule has 0 aliphatic rings. The van der Waals surface area contributed by atoms with Crippen molar-refractivity contribution in [3.63, 3.8) is 0 Å². The van der Waals surface area contributed by atoms with Gasteiger partial charge in [0.1, 0.15) is 5.75 Å². The third-order valence-corrected chi connectivity index (χ3v) is 5.22. The van der Waals surface area contributed by atoms with Gasteiger partial charge in [-0.25, -0.2) is 0 Å². The molecule has 0 bridgehead atoms. The fourth-order valence-corrected chi connectivity index (χ4v) is 3.75. The number of carbonyl (C=O) groups excluding carboxylic acids is 2. The van der Waals surface area contributed by atoms with Crippen LogP contribution in [-0.2, 0) is 11.2 Å². The predicted octanol–water partition coefficient (Wildman–Crippen LogP) is 6.48. The highest BCUT2D eigenvalue weighted by Gasteiger charge is 2.13. The summed E-state index contributed by atoms with van der Waals surface area (Å²) in [5.41, 5.74) is 2.47. The molecule has 0 unspecified atom stereocenters. The molecule has 2 amide bonds. The second-order valence-electron chi connectivity index (χ2n) is 6.57. The van der Waals surface area contributed by atoms with Crippen molar-refractivity contribution in [1.82, 2.24) is 0 Å². The Balaban J connectivity index is 1.57. The van der Waals surface area contributed by atoms with Gasteiger partial charge in [0, 0.05) is 16.3 Å². The van der Waals surface area contributed by atoms with Crippen molar-refractivity contribution in [3.05, 3.63) is 86.9 Å². The van der Waals surface area contributed by atoms with Gasteiger partial charge in [-0.05, 0) is 54.4 Å². The highest BCUT2D eigenvalue weighted by molar-refractivity contribution is 6.42. The van der Waals surface area contributed by atoms with Gasteiger partial charge in [0.2, 0.25) is 0 Å². The Morgan fingerprint density at radius 3 is 2.19 bits per heavy atom. The van der Waals surface area contributed by atoms with E-state index in [1.54, 1.807) is 24.3 Å². The standard InChI is InChI=1S/C23H19Cl3N2O3/c1-2-14-5-3-4-6-20(14)27-21(29)13-31-17-9-7-15(8-10-17)23(30)28-22-18(25)11-16(24)12-19(22)26/h3-12H,2,13H2,1H3,(H,27,29)(H,28,30). The number of rotatable bonds is 7. The third kappa shape index (κ3) is 6.14. The van der Waals surface area contributed by atoms with Gasteiger partial charge in [-0.2, -0.15) is 0 Å². The minimum Gasteiger partial charge on any atom is -0.484 e. The lowest BCUT2D eigenvalue weighted by Crippen LogP contribution is -2.21. The van der Waals surface area contributed by atoms with E-state index in [2.05, 4.69) is 10.6 Å². The van der Waals surface area contributed by atoms with Crippen LogP contribution in [0.2, 0.25) is 15.1 Å². The molecule has 5 nitrogen and oxygen atoms in total. The number of amides is 2. The summed E-state index contributed by atoms with van der Waals surface area (Å²) in [4.78, 5) is 24.7. The second kappa shape index (κ2) is 10.5. The summed E-state index contributed by atoms with van der Waals surface area (Å²) in [6.45, 7) is 1.87. The maximum Gasteiger partial charge on any atom is 0.262 e. The van der Waals surface area contributed by atoms with Crippen LogP contribution in [0.1, 0.15) is 22.8 Å². The van der Waals surface area contributed by atoms with E-state index in [1.165, 1.54) is 12.1 Å². The maximum absolute atomic E-state index is 12.5. The number of ether oxygens (including phenoxy) is 1. The number of nitrogens with one attached hydrogen (secondary N) is 2. The minimum atomic E-state index is -0.397. The number of anilines is 2. The van der Waals surface area contributed by atoms with Gasteiger partial charge in [-0.1, -0.05) is 59.9 Å². The summed E-state index contributed by atoms with van der Waals surface area (Å²) in [7, 11) is 0. The number of carbonyl (C=O) groups is 2. The maximum atomic E-state index is 12.5. The SMILES string of the molecule is CCc1ccccc1NC(=O)COc1ccc(C(=O)Nc2c(Cl)cc(Cl)cc2Cl)cc1. The van der Waals surface area contributed by atoms with Gasteiger partial charge in [0.15, 0.2) is 6.61 Å². The van der Waals surface area contributed by atoms with Crippen LogP contribution in [0.3, 0.4) is 0 Å². The number of hydrogen-bond acceptors (Lipinski definition) is 3. The van der Waals surface area contributed by atoms with Gasteiger partial charge >= 0.3 is 0 Å². The van der Waals surface area contributed by atoms with Crippen LogP contribution in [0.4, 0.5) is 11.4 Å². The average Bonchev–Trinajstić information content (AvgIpc) is 2.75. The monoisotopic (exact) mass is 476 g/mol. The number of aryl methyl sites for hydroxylation is 1. The first-order valence-corrected chi connectivity index (χ1v) is 10.6. The lowest BCUT2D eigenvalue weighted by Gasteiger charge is -2.12. The lowest BCUT2D eigenvalue weighted by atomic mass is 10.1. The van der Waals surface area contributed by atoms with Crippen LogP contribution in [-0.4, -0.2) is 18.4 Å². The van der Waals surface area contributed by atoms with Crippen LogP contribution in [0, 0.1) is 0 Å². The van der Waals surface area contributed by atoms with Crippen LogP contribution in [0.25, 0.3) is 0 Å². The average molecular weight is 478 g/mol. The van der Waals surface area contributed by atoms with E-state index in [-0.39, 0.29) is 28.2 Å². The topological polar surface area (TPSA) is 67.4 Å². The summed E-state index contributed by atoms with van der Waals surface area (Å²) >= 11 is 18.1. The van der Waals surface area contributed by atoms with Crippen molar-refractivity contribution in [2.45, 2.75) is 13.3 Å². The quantitative estimate of drug-likeness (QED) is 0.409. The van der Waals surface area contributed by atoms with E-state index in [0.29, 0.717) is 16.3 Å². The summed E-state index contributed by atoms with van der Waals surface area (Å²) in [6, 6.07) is 17.0. The Kier molecular flexibility index (Phi) is 7.80. The Labute approximate surface area is 195 Å². The van der Waals surface area contributed by atoms with E-state index >= 15 is 0 Å². The molecule has 0 aromatic heterocycles. The van der Waals surface area contributed by atoms with Crippen molar-refractivity contribution in [1.29, 1.82) is 0 Å². The highest BCUT2D eigenvalue weighted by Crippen LogP contribution is 2.34.